The number of phosphoric acid groups is 1. The predicted octanol–water partition coefficient (Wildman–Crippen LogP) is 5.35. The summed E-state index contributed by atoms with van der Waals surface area (Å²) < 4.78 is 43.8. The number of rotatable bonds is 25. The lowest BCUT2D eigenvalue weighted by Crippen LogP contribution is -2.39. The number of nitrogens with zero attached hydrogens (tertiary/aromatic N) is 1. The normalized spacial score (nSPS) is 21.4. The van der Waals surface area contributed by atoms with Crippen LogP contribution in [-0.4, -0.2) is 57.2 Å². The zero-order chi connectivity index (χ0) is 32.4. The number of aromatic amines is 1. The Bertz CT molecular complexity index is 1080. The van der Waals surface area contributed by atoms with Crippen LogP contribution in [0.25, 0.3) is 0 Å². The molecule has 0 radical (unpaired) electrons. The van der Waals surface area contributed by atoms with Gasteiger partial charge in [-0.1, -0.05) is 103 Å². The maximum Gasteiger partial charge on any atom is 0.330 e. The lowest BCUT2D eigenvalue weighted by molar-refractivity contribution is -0.230. The SMILES string of the molecule is CCCCCCCCCCCCCCCCCCOC(CO)C(CC1OC(n2cc(C)c(=O)[nH]c2=O)CC1F)OP(=O)([O-])O. The number of halogens is 1. The molecule has 6 atom stereocenters. The van der Waals surface area contributed by atoms with Crippen LogP contribution in [-0.2, 0) is 18.6 Å². The van der Waals surface area contributed by atoms with Crippen LogP contribution in [0.3, 0.4) is 0 Å². The summed E-state index contributed by atoms with van der Waals surface area (Å²) in [6, 6.07) is 0. The van der Waals surface area contributed by atoms with E-state index in [4.69, 9.17) is 14.0 Å². The Labute approximate surface area is 261 Å². The molecular weight excluding hydrogens is 594 g/mol. The standard InChI is InChI=1S/C31H56FN2O9P/c1-3-4-5-6-7-8-9-10-11-12-13-14-15-16-17-18-19-41-28(23-35)27(43-44(38,39)40)21-26-25(32)20-29(42-26)34-22-24(2)30(36)33-31(34)37/h22,25-29,35H,3-21,23H2,1-2H3,(H,33,36,37)(H2,38,39,40)/p-1. The quantitative estimate of drug-likeness (QED) is 0.0937. The van der Waals surface area contributed by atoms with Gasteiger partial charge in [0.05, 0.1) is 18.8 Å². The van der Waals surface area contributed by atoms with Gasteiger partial charge in [-0.15, -0.1) is 0 Å². The number of aliphatic hydroxyl groups excluding tert-OH is 1. The molecular formula is C31H55FN2O9P-. The van der Waals surface area contributed by atoms with Crippen LogP contribution in [0.4, 0.5) is 4.39 Å². The summed E-state index contributed by atoms with van der Waals surface area (Å²) in [7, 11) is -5.25. The van der Waals surface area contributed by atoms with Crippen molar-refractivity contribution in [3.05, 3.63) is 32.6 Å². The van der Waals surface area contributed by atoms with Gasteiger partial charge in [0.25, 0.3) is 13.4 Å². The number of aromatic nitrogens is 2. The summed E-state index contributed by atoms with van der Waals surface area (Å²) in [5, 5.41) is 9.90. The molecule has 3 N–H and O–H groups in total. The van der Waals surface area contributed by atoms with E-state index in [1.807, 2.05) is 0 Å². The number of unbranched alkanes of at least 4 members (excludes halogenated alkanes) is 15. The number of hydrogen-bond donors (Lipinski definition) is 3. The van der Waals surface area contributed by atoms with Crippen LogP contribution < -0.4 is 16.1 Å². The van der Waals surface area contributed by atoms with Crippen LogP contribution >= 0.6 is 7.82 Å². The molecule has 2 heterocycles. The molecule has 1 aliphatic rings. The van der Waals surface area contributed by atoms with Gasteiger partial charge in [-0.3, -0.25) is 18.9 Å². The number of H-pyrrole nitrogens is 1. The van der Waals surface area contributed by atoms with E-state index in [9.17, 15) is 33.4 Å². The van der Waals surface area contributed by atoms with Crippen molar-refractivity contribution in [1.82, 2.24) is 9.55 Å². The Kier molecular flexibility index (Phi) is 18.9. The number of nitrogens with one attached hydrogen (secondary N) is 1. The zero-order valence-electron chi connectivity index (χ0n) is 26.6. The minimum absolute atomic E-state index is 0.221. The van der Waals surface area contributed by atoms with Crippen molar-refractivity contribution in [3.63, 3.8) is 0 Å². The molecule has 6 unspecified atom stereocenters. The first-order valence-electron chi connectivity index (χ1n) is 16.6. The molecule has 1 aromatic rings. The second-order valence-electron chi connectivity index (χ2n) is 12.1. The number of phosphoric ester groups is 1. The van der Waals surface area contributed by atoms with E-state index < -0.39 is 56.4 Å². The largest absolute Gasteiger partial charge is 0.756 e. The highest BCUT2D eigenvalue weighted by molar-refractivity contribution is 7.44. The van der Waals surface area contributed by atoms with Gasteiger partial charge < -0.3 is 28.9 Å². The predicted molar refractivity (Wildman–Crippen MR) is 165 cm³/mol. The highest BCUT2D eigenvalue weighted by Gasteiger charge is 2.41. The van der Waals surface area contributed by atoms with E-state index in [-0.39, 0.29) is 25.0 Å². The lowest BCUT2D eigenvalue weighted by Gasteiger charge is -2.31. The molecule has 11 nitrogen and oxygen atoms in total. The molecule has 256 valence electrons. The Balaban J connectivity index is 1.68. The second-order valence-corrected chi connectivity index (χ2v) is 13.3. The summed E-state index contributed by atoms with van der Waals surface area (Å²) in [5.41, 5.74) is -1.09. The van der Waals surface area contributed by atoms with Gasteiger partial charge in [0.2, 0.25) is 0 Å². The van der Waals surface area contributed by atoms with E-state index in [0.717, 1.165) is 23.8 Å². The molecule has 1 aromatic heterocycles. The molecule has 13 heteroatoms. The van der Waals surface area contributed by atoms with Gasteiger partial charge in [-0.2, -0.15) is 0 Å². The first-order valence-corrected chi connectivity index (χ1v) is 18.1. The third-order valence-corrected chi connectivity index (χ3v) is 8.81. The van der Waals surface area contributed by atoms with Crippen molar-refractivity contribution in [2.24, 2.45) is 0 Å². The average molecular weight is 650 g/mol. The number of aliphatic hydroxyl groups is 1. The number of alkyl halides is 1. The summed E-state index contributed by atoms with van der Waals surface area (Å²) in [6.45, 7) is 3.36. The molecule has 1 saturated heterocycles. The molecule has 0 bridgehead atoms. The fraction of sp³-hybridized carbons (Fsp3) is 0.871. The fourth-order valence-electron chi connectivity index (χ4n) is 5.69. The first-order chi connectivity index (χ1) is 21.1. The third-order valence-electron chi connectivity index (χ3n) is 8.28. The summed E-state index contributed by atoms with van der Waals surface area (Å²) in [4.78, 5) is 46.9. The number of ether oxygens (including phenoxy) is 2. The smallest absolute Gasteiger partial charge is 0.330 e. The highest BCUT2D eigenvalue weighted by Crippen LogP contribution is 2.39. The molecule has 0 amide bonds. The van der Waals surface area contributed by atoms with Crippen molar-refractivity contribution in [1.29, 1.82) is 0 Å². The molecule has 0 spiro atoms. The molecule has 44 heavy (non-hydrogen) atoms. The van der Waals surface area contributed by atoms with Crippen molar-refractivity contribution < 1.29 is 37.8 Å². The topological polar surface area (TPSA) is 163 Å². The van der Waals surface area contributed by atoms with Gasteiger partial charge in [-0.05, 0) is 13.3 Å². The molecule has 0 aromatic carbocycles. The maximum atomic E-state index is 14.9. The minimum Gasteiger partial charge on any atom is -0.756 e. The summed E-state index contributed by atoms with van der Waals surface area (Å²) >= 11 is 0. The molecule has 1 fully saturated rings. The van der Waals surface area contributed by atoms with Gasteiger partial charge in [0.15, 0.2) is 0 Å². The first kappa shape index (κ1) is 38.8. The summed E-state index contributed by atoms with van der Waals surface area (Å²) in [6.07, 6.45) is 13.9. The fourth-order valence-corrected chi connectivity index (χ4v) is 6.26. The Morgan fingerprint density at radius 2 is 1.52 bits per heavy atom. The van der Waals surface area contributed by atoms with Gasteiger partial charge in [-0.25, -0.2) is 9.18 Å². The molecule has 1 aliphatic heterocycles. The van der Waals surface area contributed by atoms with E-state index >= 15 is 0 Å². The van der Waals surface area contributed by atoms with Crippen LogP contribution in [0, 0.1) is 6.92 Å². The van der Waals surface area contributed by atoms with Crippen LogP contribution in [0.1, 0.15) is 134 Å². The number of aryl methyl sites for hydroxylation is 1. The van der Waals surface area contributed by atoms with Gasteiger partial charge in [0, 0.05) is 31.2 Å². The van der Waals surface area contributed by atoms with Crippen LogP contribution in [0.5, 0.6) is 0 Å². The van der Waals surface area contributed by atoms with Gasteiger partial charge in [0.1, 0.15) is 18.5 Å². The van der Waals surface area contributed by atoms with E-state index in [0.29, 0.717) is 6.42 Å². The molecule has 2 rings (SSSR count). The second kappa shape index (κ2) is 21.4. The number of hydrogen-bond acceptors (Lipinski definition) is 8. The zero-order valence-corrected chi connectivity index (χ0v) is 27.5. The molecule has 0 saturated carbocycles. The van der Waals surface area contributed by atoms with Crippen molar-refractivity contribution in [2.75, 3.05) is 13.2 Å². The van der Waals surface area contributed by atoms with Crippen molar-refractivity contribution in [3.8, 4) is 0 Å². The Morgan fingerprint density at radius 3 is 2.02 bits per heavy atom. The van der Waals surface area contributed by atoms with E-state index in [2.05, 4.69) is 11.9 Å². The minimum atomic E-state index is -5.25. The Hall–Kier alpha value is -1.40. The van der Waals surface area contributed by atoms with Crippen molar-refractivity contribution in [2.45, 2.75) is 160 Å². The van der Waals surface area contributed by atoms with Crippen LogP contribution in [0.2, 0.25) is 0 Å². The molecule has 0 aliphatic carbocycles. The lowest BCUT2D eigenvalue weighted by atomic mass is 10.0. The average Bonchev–Trinajstić information content (AvgIpc) is 3.32. The maximum absolute atomic E-state index is 14.9. The third kappa shape index (κ3) is 15.3. The van der Waals surface area contributed by atoms with E-state index in [1.165, 1.54) is 90.2 Å². The highest BCUT2D eigenvalue weighted by atomic mass is 31.2. The van der Waals surface area contributed by atoms with Crippen molar-refractivity contribution >= 4 is 7.82 Å². The summed E-state index contributed by atoms with van der Waals surface area (Å²) in [5.74, 6) is 0. The van der Waals surface area contributed by atoms with E-state index in [1.54, 1.807) is 0 Å². The Morgan fingerprint density at radius 1 is 1.00 bits per heavy atom. The van der Waals surface area contributed by atoms with Crippen LogP contribution in [0.15, 0.2) is 15.8 Å². The van der Waals surface area contributed by atoms with Gasteiger partial charge >= 0.3 is 5.69 Å². The monoisotopic (exact) mass is 649 g/mol.